The molecule has 2 aromatic rings. The van der Waals surface area contributed by atoms with E-state index in [2.05, 4.69) is 9.71 Å². The highest BCUT2D eigenvalue weighted by atomic mass is 32.2. The third-order valence-electron chi connectivity index (χ3n) is 2.63. The van der Waals surface area contributed by atoms with Gasteiger partial charge in [-0.2, -0.15) is 0 Å². The third kappa shape index (κ3) is 4.40. The molecular weight excluding hydrogens is 311 g/mol. The first kappa shape index (κ1) is 16.2. The van der Waals surface area contributed by atoms with Crippen LogP contribution in [0.3, 0.4) is 0 Å². The summed E-state index contributed by atoms with van der Waals surface area (Å²) in [4.78, 5) is 3.81. The van der Waals surface area contributed by atoms with Gasteiger partial charge in [-0.05, 0) is 24.3 Å². The van der Waals surface area contributed by atoms with Crippen molar-refractivity contribution in [3.05, 3.63) is 48.4 Å². The van der Waals surface area contributed by atoms with Crippen LogP contribution in [0.4, 0.5) is 10.1 Å². The molecule has 1 heterocycles. The summed E-state index contributed by atoms with van der Waals surface area (Å²) in [5.41, 5.74) is 0.253. The van der Waals surface area contributed by atoms with Crippen molar-refractivity contribution >= 4 is 15.7 Å². The number of aromatic nitrogens is 1. The van der Waals surface area contributed by atoms with Gasteiger partial charge in [-0.3, -0.25) is 4.72 Å². The lowest BCUT2D eigenvalue weighted by molar-refractivity contribution is 0.144. The fraction of sp³-hybridized carbons (Fsp3) is 0.214. The Balaban J connectivity index is 2.06. The van der Waals surface area contributed by atoms with Gasteiger partial charge in [0.15, 0.2) is 0 Å². The second-order valence-electron chi connectivity index (χ2n) is 4.29. The van der Waals surface area contributed by atoms with Gasteiger partial charge in [0.1, 0.15) is 12.4 Å². The van der Waals surface area contributed by atoms with E-state index >= 15 is 0 Å². The number of sulfonamides is 1. The van der Waals surface area contributed by atoms with Crippen LogP contribution in [0.15, 0.2) is 47.5 Å². The lowest BCUT2D eigenvalue weighted by atomic mass is 10.4. The molecule has 0 unspecified atom stereocenters. The van der Waals surface area contributed by atoms with Gasteiger partial charge >= 0.3 is 0 Å². The van der Waals surface area contributed by atoms with E-state index < -0.39 is 15.8 Å². The SMILES string of the molecule is COCCOc1ccc(NS(=O)(=O)c2cccc(F)c2)cn1. The van der Waals surface area contributed by atoms with Crippen LogP contribution in [0.25, 0.3) is 0 Å². The largest absolute Gasteiger partial charge is 0.475 e. The van der Waals surface area contributed by atoms with Crippen LogP contribution >= 0.6 is 0 Å². The van der Waals surface area contributed by atoms with E-state index in [1.54, 1.807) is 7.11 Å². The number of hydrogen-bond acceptors (Lipinski definition) is 5. The average Bonchev–Trinajstić information content (AvgIpc) is 2.49. The molecule has 0 aliphatic rings. The van der Waals surface area contributed by atoms with Gasteiger partial charge in [-0.1, -0.05) is 6.07 Å². The van der Waals surface area contributed by atoms with Crippen LogP contribution in [-0.2, 0) is 14.8 Å². The van der Waals surface area contributed by atoms with Crippen molar-refractivity contribution in [1.82, 2.24) is 4.98 Å². The third-order valence-corrected chi connectivity index (χ3v) is 4.01. The minimum atomic E-state index is -3.86. The zero-order valence-electron chi connectivity index (χ0n) is 11.8. The van der Waals surface area contributed by atoms with Crippen molar-refractivity contribution in [3.63, 3.8) is 0 Å². The minimum Gasteiger partial charge on any atom is -0.475 e. The van der Waals surface area contributed by atoms with Gasteiger partial charge in [-0.25, -0.2) is 17.8 Å². The number of halogens is 1. The number of methoxy groups -OCH3 is 1. The van der Waals surface area contributed by atoms with E-state index in [9.17, 15) is 12.8 Å². The summed E-state index contributed by atoms with van der Waals surface area (Å²) in [6.45, 7) is 0.771. The molecule has 22 heavy (non-hydrogen) atoms. The summed E-state index contributed by atoms with van der Waals surface area (Å²) >= 11 is 0. The van der Waals surface area contributed by atoms with Crippen molar-refractivity contribution < 1.29 is 22.3 Å². The smallest absolute Gasteiger partial charge is 0.262 e. The number of benzene rings is 1. The molecule has 118 valence electrons. The number of nitrogens with one attached hydrogen (secondary N) is 1. The summed E-state index contributed by atoms with van der Waals surface area (Å²) in [5, 5.41) is 0. The second-order valence-corrected chi connectivity index (χ2v) is 5.97. The fourth-order valence-corrected chi connectivity index (χ4v) is 2.68. The van der Waals surface area contributed by atoms with E-state index in [0.717, 1.165) is 6.07 Å². The van der Waals surface area contributed by atoms with E-state index in [1.807, 2.05) is 0 Å². The molecule has 0 saturated carbocycles. The van der Waals surface area contributed by atoms with Crippen molar-refractivity contribution in [1.29, 1.82) is 0 Å². The first-order valence-corrected chi connectivity index (χ1v) is 7.86. The van der Waals surface area contributed by atoms with Gasteiger partial charge in [0.25, 0.3) is 10.0 Å². The summed E-state index contributed by atoms with van der Waals surface area (Å²) in [5.74, 6) is -0.270. The molecule has 0 aliphatic heterocycles. The molecule has 1 aromatic heterocycles. The van der Waals surface area contributed by atoms with E-state index in [1.165, 1.54) is 36.5 Å². The highest BCUT2D eigenvalue weighted by Crippen LogP contribution is 2.17. The molecule has 8 heteroatoms. The number of nitrogens with zero attached hydrogens (tertiary/aromatic N) is 1. The molecule has 0 spiro atoms. The average molecular weight is 326 g/mol. The van der Waals surface area contributed by atoms with Crippen LogP contribution in [0, 0.1) is 5.82 Å². The fourth-order valence-electron chi connectivity index (χ4n) is 1.60. The predicted octanol–water partition coefficient (Wildman–Crippen LogP) is 2.05. The number of rotatable bonds is 7. The Kier molecular flexibility index (Phi) is 5.29. The zero-order chi connectivity index (χ0) is 16.0. The molecular formula is C14H15FN2O4S. The molecule has 0 saturated heterocycles. The molecule has 2 rings (SSSR count). The number of anilines is 1. The molecule has 6 nitrogen and oxygen atoms in total. The highest BCUT2D eigenvalue weighted by molar-refractivity contribution is 7.92. The van der Waals surface area contributed by atoms with Gasteiger partial charge < -0.3 is 9.47 Å². The minimum absolute atomic E-state index is 0.159. The van der Waals surface area contributed by atoms with Crippen LogP contribution in [0.2, 0.25) is 0 Å². The van der Waals surface area contributed by atoms with Crippen LogP contribution in [0.5, 0.6) is 5.88 Å². The monoisotopic (exact) mass is 326 g/mol. The summed E-state index contributed by atoms with van der Waals surface area (Å²) in [6.07, 6.45) is 1.32. The molecule has 0 atom stereocenters. The van der Waals surface area contributed by atoms with Crippen LogP contribution in [0.1, 0.15) is 0 Å². The molecule has 1 N–H and O–H groups in total. The lowest BCUT2D eigenvalue weighted by Gasteiger charge is -2.09. The Bertz CT molecular complexity index is 720. The van der Waals surface area contributed by atoms with Gasteiger partial charge in [0.05, 0.1) is 23.4 Å². The van der Waals surface area contributed by atoms with E-state index in [0.29, 0.717) is 19.1 Å². The second kappa shape index (κ2) is 7.19. The summed E-state index contributed by atoms with van der Waals surface area (Å²) in [7, 11) is -2.30. The van der Waals surface area contributed by atoms with E-state index in [4.69, 9.17) is 9.47 Å². The predicted molar refractivity (Wildman–Crippen MR) is 78.8 cm³/mol. The molecule has 0 aliphatic carbocycles. The first-order valence-electron chi connectivity index (χ1n) is 6.37. The standard InChI is InChI=1S/C14H15FN2O4S/c1-20-7-8-21-14-6-5-12(10-16-14)17-22(18,19)13-4-2-3-11(15)9-13/h2-6,9-10,17H,7-8H2,1H3. The Labute approximate surface area is 128 Å². The maximum Gasteiger partial charge on any atom is 0.262 e. The Morgan fingerprint density at radius 1 is 1.23 bits per heavy atom. The first-order chi connectivity index (χ1) is 10.5. The maximum atomic E-state index is 13.1. The summed E-state index contributed by atoms with van der Waals surface area (Å²) < 4.78 is 49.7. The normalized spacial score (nSPS) is 11.2. The van der Waals surface area contributed by atoms with Gasteiger partial charge in [0.2, 0.25) is 5.88 Å². The van der Waals surface area contributed by atoms with Crippen molar-refractivity contribution in [3.8, 4) is 5.88 Å². The summed E-state index contributed by atoms with van der Waals surface area (Å²) in [6, 6.07) is 7.78. The highest BCUT2D eigenvalue weighted by Gasteiger charge is 2.15. The Hall–Kier alpha value is -2.19. The van der Waals surface area contributed by atoms with Crippen molar-refractivity contribution in [2.45, 2.75) is 4.90 Å². The van der Waals surface area contributed by atoms with Gasteiger partial charge in [0, 0.05) is 13.2 Å². The van der Waals surface area contributed by atoms with Gasteiger partial charge in [-0.15, -0.1) is 0 Å². The van der Waals surface area contributed by atoms with Crippen LogP contribution < -0.4 is 9.46 Å². The number of pyridine rings is 1. The molecule has 0 amide bonds. The zero-order valence-corrected chi connectivity index (χ0v) is 12.6. The lowest BCUT2D eigenvalue weighted by Crippen LogP contribution is -2.13. The van der Waals surface area contributed by atoms with E-state index in [-0.39, 0.29) is 10.6 Å². The van der Waals surface area contributed by atoms with Crippen LogP contribution in [-0.4, -0.2) is 33.7 Å². The van der Waals surface area contributed by atoms with Crippen molar-refractivity contribution in [2.75, 3.05) is 25.0 Å². The number of ether oxygens (including phenoxy) is 2. The Morgan fingerprint density at radius 3 is 2.68 bits per heavy atom. The molecule has 0 fully saturated rings. The van der Waals surface area contributed by atoms with Crippen molar-refractivity contribution in [2.24, 2.45) is 0 Å². The quantitative estimate of drug-likeness (QED) is 0.788. The number of hydrogen-bond donors (Lipinski definition) is 1. The topological polar surface area (TPSA) is 77.5 Å². The Morgan fingerprint density at radius 2 is 2.05 bits per heavy atom. The molecule has 1 aromatic carbocycles. The maximum absolute atomic E-state index is 13.1. The molecule has 0 radical (unpaired) electrons. The molecule has 0 bridgehead atoms.